The second-order valence-corrected chi connectivity index (χ2v) is 3.97. The van der Waals surface area contributed by atoms with Crippen molar-refractivity contribution in [1.82, 2.24) is 4.98 Å². The molecule has 1 aromatic rings. The number of aldehydes is 1. The summed E-state index contributed by atoms with van der Waals surface area (Å²) in [5.74, 6) is -1.12. The van der Waals surface area contributed by atoms with Crippen molar-refractivity contribution in [3.8, 4) is 0 Å². The maximum Gasteiger partial charge on any atom is 0.338 e. The smallest absolute Gasteiger partial charge is 0.338 e. The molecule has 0 radical (unpaired) electrons. The van der Waals surface area contributed by atoms with Gasteiger partial charge in [-0.05, 0) is 30.4 Å². The van der Waals surface area contributed by atoms with Gasteiger partial charge in [0.1, 0.15) is 0 Å². The zero-order valence-corrected chi connectivity index (χ0v) is 10.3. The van der Waals surface area contributed by atoms with Crippen molar-refractivity contribution in [2.45, 2.75) is 26.2 Å². The molecule has 3 N–H and O–H groups in total. The molecule has 0 bridgehead atoms. The number of carboxylic acid groups (broad SMARTS) is 1. The van der Waals surface area contributed by atoms with Crippen molar-refractivity contribution in [2.24, 2.45) is 0 Å². The molecule has 0 unspecified atom stereocenters. The number of H-pyrrole nitrogens is 1. The van der Waals surface area contributed by atoms with E-state index in [-0.39, 0.29) is 17.9 Å². The Hall–Kier alpha value is -1.88. The average Bonchev–Trinajstić information content (AvgIpc) is 2.74. The van der Waals surface area contributed by atoms with Gasteiger partial charge in [0.25, 0.3) is 0 Å². The minimum Gasteiger partial charge on any atom is -0.478 e. The van der Waals surface area contributed by atoms with Gasteiger partial charge in [0.15, 0.2) is 6.29 Å². The SMILES string of the molecule is C=C(CCCO)c1[nH]c(C=O)c(C(=O)O)c1CC. The van der Waals surface area contributed by atoms with E-state index in [1.807, 2.05) is 6.92 Å². The van der Waals surface area contributed by atoms with E-state index in [2.05, 4.69) is 11.6 Å². The molecule has 5 nitrogen and oxygen atoms in total. The zero-order chi connectivity index (χ0) is 13.7. The van der Waals surface area contributed by atoms with Crippen LogP contribution in [0.4, 0.5) is 0 Å². The molecule has 0 fully saturated rings. The Labute approximate surface area is 105 Å². The van der Waals surface area contributed by atoms with Crippen molar-refractivity contribution in [1.29, 1.82) is 0 Å². The first-order chi connectivity index (χ1) is 8.56. The van der Waals surface area contributed by atoms with Crippen molar-refractivity contribution in [3.63, 3.8) is 0 Å². The summed E-state index contributed by atoms with van der Waals surface area (Å²) in [6.07, 6.45) is 2.12. The topological polar surface area (TPSA) is 90.4 Å². The molecule has 0 aliphatic carbocycles. The maximum atomic E-state index is 11.2. The normalized spacial score (nSPS) is 10.3. The van der Waals surface area contributed by atoms with Crippen LogP contribution in [0, 0.1) is 0 Å². The number of hydrogen-bond donors (Lipinski definition) is 3. The first-order valence-electron chi connectivity index (χ1n) is 5.79. The van der Waals surface area contributed by atoms with Gasteiger partial charge < -0.3 is 15.2 Å². The third-order valence-corrected chi connectivity index (χ3v) is 2.81. The van der Waals surface area contributed by atoms with Gasteiger partial charge in [0.2, 0.25) is 0 Å². The molecule has 0 aliphatic heterocycles. The van der Waals surface area contributed by atoms with Crippen LogP contribution in [0.1, 0.15) is 51.9 Å². The van der Waals surface area contributed by atoms with Gasteiger partial charge in [-0.1, -0.05) is 13.5 Å². The average molecular weight is 251 g/mol. The molecule has 18 heavy (non-hydrogen) atoms. The molecular weight excluding hydrogens is 234 g/mol. The number of aromatic carboxylic acids is 1. The van der Waals surface area contributed by atoms with Gasteiger partial charge in [-0.15, -0.1) is 0 Å². The Morgan fingerprint density at radius 1 is 1.50 bits per heavy atom. The van der Waals surface area contributed by atoms with Crippen LogP contribution in [-0.2, 0) is 6.42 Å². The van der Waals surface area contributed by atoms with Crippen LogP contribution in [0.5, 0.6) is 0 Å². The number of nitrogens with one attached hydrogen (secondary N) is 1. The number of aliphatic hydroxyl groups is 1. The largest absolute Gasteiger partial charge is 0.478 e. The minimum absolute atomic E-state index is 0.0210. The predicted molar refractivity (Wildman–Crippen MR) is 67.9 cm³/mol. The Bertz CT molecular complexity index is 474. The molecule has 0 aromatic carbocycles. The van der Waals surface area contributed by atoms with E-state index >= 15 is 0 Å². The minimum atomic E-state index is -1.12. The summed E-state index contributed by atoms with van der Waals surface area (Å²) in [4.78, 5) is 24.9. The summed E-state index contributed by atoms with van der Waals surface area (Å²) in [5, 5.41) is 17.9. The molecule has 1 rings (SSSR count). The van der Waals surface area contributed by atoms with Crippen molar-refractivity contribution in [2.75, 3.05) is 6.61 Å². The molecule has 98 valence electrons. The van der Waals surface area contributed by atoms with Gasteiger partial charge >= 0.3 is 5.97 Å². The molecule has 1 heterocycles. The van der Waals surface area contributed by atoms with Gasteiger partial charge in [0, 0.05) is 12.3 Å². The first-order valence-corrected chi connectivity index (χ1v) is 5.79. The van der Waals surface area contributed by atoms with E-state index < -0.39 is 5.97 Å². The van der Waals surface area contributed by atoms with E-state index in [1.54, 1.807) is 0 Å². The number of rotatable bonds is 7. The van der Waals surface area contributed by atoms with E-state index in [4.69, 9.17) is 10.2 Å². The second-order valence-electron chi connectivity index (χ2n) is 3.97. The molecule has 0 saturated carbocycles. The molecule has 0 saturated heterocycles. The second kappa shape index (κ2) is 6.16. The zero-order valence-electron chi connectivity index (χ0n) is 10.3. The summed E-state index contributed by atoms with van der Waals surface area (Å²) >= 11 is 0. The van der Waals surface area contributed by atoms with Crippen LogP contribution in [0.3, 0.4) is 0 Å². The van der Waals surface area contributed by atoms with E-state index in [1.165, 1.54) is 0 Å². The molecular formula is C13H17NO4. The van der Waals surface area contributed by atoms with Gasteiger partial charge in [-0.25, -0.2) is 4.79 Å². The van der Waals surface area contributed by atoms with Crippen LogP contribution in [0.15, 0.2) is 6.58 Å². The highest BCUT2D eigenvalue weighted by atomic mass is 16.4. The number of aromatic nitrogens is 1. The highest BCUT2D eigenvalue weighted by Gasteiger charge is 2.22. The number of hydrogen-bond acceptors (Lipinski definition) is 3. The Morgan fingerprint density at radius 3 is 2.61 bits per heavy atom. The third-order valence-electron chi connectivity index (χ3n) is 2.81. The van der Waals surface area contributed by atoms with E-state index in [0.29, 0.717) is 42.4 Å². The van der Waals surface area contributed by atoms with Crippen molar-refractivity contribution in [3.05, 3.63) is 29.1 Å². The highest BCUT2D eigenvalue weighted by Crippen LogP contribution is 2.26. The van der Waals surface area contributed by atoms with Crippen LogP contribution in [0.2, 0.25) is 0 Å². The Morgan fingerprint density at radius 2 is 2.17 bits per heavy atom. The number of carbonyl (C=O) groups excluding carboxylic acids is 1. The molecule has 0 aliphatic rings. The van der Waals surface area contributed by atoms with Crippen LogP contribution in [0.25, 0.3) is 5.57 Å². The van der Waals surface area contributed by atoms with E-state index in [9.17, 15) is 9.59 Å². The lowest BCUT2D eigenvalue weighted by Crippen LogP contribution is -2.03. The number of carbonyl (C=O) groups is 2. The monoisotopic (exact) mass is 251 g/mol. The fraction of sp³-hybridized carbons (Fsp3) is 0.385. The number of aliphatic hydroxyl groups excluding tert-OH is 1. The summed E-state index contributed by atoms with van der Waals surface area (Å²) in [6.45, 7) is 5.74. The molecule has 1 aromatic heterocycles. The lowest BCUT2D eigenvalue weighted by Gasteiger charge is -2.05. The van der Waals surface area contributed by atoms with Gasteiger partial charge in [0.05, 0.1) is 11.3 Å². The van der Waals surface area contributed by atoms with Crippen molar-refractivity contribution < 1.29 is 19.8 Å². The van der Waals surface area contributed by atoms with Crippen LogP contribution in [-0.4, -0.2) is 34.1 Å². The molecule has 5 heteroatoms. The highest BCUT2D eigenvalue weighted by molar-refractivity contribution is 5.99. The molecule has 0 atom stereocenters. The standard InChI is InChI=1S/C13H17NO4/c1-3-9-11(13(17)18)10(7-16)14-12(9)8(2)5-4-6-15/h7,14-15H,2-6H2,1H3,(H,17,18). The van der Waals surface area contributed by atoms with E-state index in [0.717, 1.165) is 0 Å². The number of carboxylic acids is 1. The predicted octanol–water partition coefficient (Wildman–Crippen LogP) is 1.87. The van der Waals surface area contributed by atoms with Crippen LogP contribution >= 0.6 is 0 Å². The first kappa shape index (κ1) is 14.2. The number of allylic oxidation sites excluding steroid dienone is 1. The molecule has 0 amide bonds. The molecule has 0 spiro atoms. The van der Waals surface area contributed by atoms with Crippen molar-refractivity contribution >= 4 is 17.8 Å². The van der Waals surface area contributed by atoms with Crippen LogP contribution < -0.4 is 0 Å². The lowest BCUT2D eigenvalue weighted by atomic mass is 10.0. The summed E-state index contributed by atoms with van der Waals surface area (Å²) in [5.41, 5.74) is 1.99. The summed E-state index contributed by atoms with van der Waals surface area (Å²) < 4.78 is 0. The summed E-state index contributed by atoms with van der Waals surface area (Å²) in [6, 6.07) is 0. The number of aromatic amines is 1. The fourth-order valence-corrected chi connectivity index (χ4v) is 1.97. The van der Waals surface area contributed by atoms with Gasteiger partial charge in [-0.3, -0.25) is 4.79 Å². The lowest BCUT2D eigenvalue weighted by molar-refractivity contribution is 0.0693. The summed E-state index contributed by atoms with van der Waals surface area (Å²) in [7, 11) is 0. The Balaban J connectivity index is 3.24. The van der Waals surface area contributed by atoms with Gasteiger partial charge in [-0.2, -0.15) is 0 Å². The Kier molecular flexibility index (Phi) is 4.85. The maximum absolute atomic E-state index is 11.2. The fourth-order valence-electron chi connectivity index (χ4n) is 1.97. The third kappa shape index (κ3) is 2.68. The quantitative estimate of drug-likeness (QED) is 0.645.